The number of hydrogen-bond acceptors (Lipinski definition) is 2. The first-order chi connectivity index (χ1) is 8.46. The van der Waals surface area contributed by atoms with Gasteiger partial charge in [-0.2, -0.15) is 13.2 Å². The number of aromatic amines is 1. The Labute approximate surface area is 102 Å². The number of halogens is 3. The van der Waals surface area contributed by atoms with Gasteiger partial charge in [-0.3, -0.25) is 4.79 Å². The molecule has 1 atom stereocenters. The second-order valence-electron chi connectivity index (χ2n) is 4.41. The van der Waals surface area contributed by atoms with Gasteiger partial charge in [-0.25, -0.2) is 0 Å². The number of hydrogen-bond donors (Lipinski definition) is 3. The van der Waals surface area contributed by atoms with Gasteiger partial charge in [0, 0.05) is 25.5 Å². The molecular weight excluding hydrogens is 247 g/mol. The molecule has 0 spiro atoms. The number of H-pyrrole nitrogens is 1. The summed E-state index contributed by atoms with van der Waals surface area (Å²) in [6.07, 6.45) is -1.46. The smallest absolute Gasteiger partial charge is 0.367 e. The van der Waals surface area contributed by atoms with Gasteiger partial charge in [0.1, 0.15) is 0 Å². The fraction of sp³-hybridized carbons (Fsp3) is 0.545. The van der Waals surface area contributed by atoms with E-state index in [4.69, 9.17) is 0 Å². The first-order valence-electron chi connectivity index (χ1n) is 5.63. The second kappa shape index (κ2) is 4.64. The maximum Gasteiger partial charge on any atom is 0.404 e. The molecule has 1 aliphatic rings. The van der Waals surface area contributed by atoms with Crippen molar-refractivity contribution in [3.8, 4) is 0 Å². The summed E-state index contributed by atoms with van der Waals surface area (Å²) in [5, 5.41) is 4.96. The van der Waals surface area contributed by atoms with Gasteiger partial charge < -0.3 is 15.6 Å². The molecule has 3 N–H and O–H groups in total. The molecule has 100 valence electrons. The fourth-order valence-corrected chi connectivity index (χ4v) is 2.08. The van der Waals surface area contributed by atoms with Crippen LogP contribution < -0.4 is 10.6 Å². The SMILES string of the molecule is O=C(NCc1cc[nH]c1)C1(C(F)(F)F)CCNC1. The lowest BCUT2D eigenvalue weighted by Gasteiger charge is -2.29. The summed E-state index contributed by atoms with van der Waals surface area (Å²) in [6, 6.07) is 1.70. The fourth-order valence-electron chi connectivity index (χ4n) is 2.08. The minimum atomic E-state index is -4.53. The van der Waals surface area contributed by atoms with Crippen molar-refractivity contribution in [1.29, 1.82) is 0 Å². The molecule has 1 unspecified atom stereocenters. The largest absolute Gasteiger partial charge is 0.404 e. The predicted octanol–water partition coefficient (Wildman–Crippen LogP) is 1.17. The summed E-state index contributed by atoms with van der Waals surface area (Å²) in [5.41, 5.74) is -1.55. The quantitative estimate of drug-likeness (QED) is 0.765. The number of amides is 1. The monoisotopic (exact) mass is 261 g/mol. The Morgan fingerprint density at radius 2 is 2.28 bits per heavy atom. The molecule has 1 aromatic rings. The molecule has 7 heteroatoms. The molecule has 4 nitrogen and oxygen atoms in total. The Morgan fingerprint density at radius 1 is 1.50 bits per heavy atom. The van der Waals surface area contributed by atoms with Crippen LogP contribution in [0.5, 0.6) is 0 Å². The molecule has 0 aliphatic carbocycles. The van der Waals surface area contributed by atoms with Gasteiger partial charge in [-0.15, -0.1) is 0 Å². The first kappa shape index (κ1) is 12.9. The van der Waals surface area contributed by atoms with Crippen LogP contribution in [0.4, 0.5) is 13.2 Å². The van der Waals surface area contributed by atoms with Crippen LogP contribution in [0.25, 0.3) is 0 Å². The van der Waals surface area contributed by atoms with Crippen molar-refractivity contribution in [1.82, 2.24) is 15.6 Å². The minimum Gasteiger partial charge on any atom is -0.367 e. The molecule has 2 heterocycles. The standard InChI is InChI=1S/C11H14F3N3O/c12-11(13,14)10(2-4-16-7-10)9(18)17-6-8-1-3-15-5-8/h1,3,5,15-16H,2,4,6-7H2,(H,17,18). The van der Waals surface area contributed by atoms with Crippen molar-refractivity contribution < 1.29 is 18.0 Å². The maximum absolute atomic E-state index is 13.0. The van der Waals surface area contributed by atoms with E-state index in [0.717, 1.165) is 5.56 Å². The normalized spacial score (nSPS) is 24.2. The topological polar surface area (TPSA) is 56.9 Å². The third kappa shape index (κ3) is 2.22. The van der Waals surface area contributed by atoms with E-state index in [9.17, 15) is 18.0 Å². The molecule has 1 amide bonds. The summed E-state index contributed by atoms with van der Waals surface area (Å²) in [6.45, 7) is -0.0489. The molecule has 0 radical (unpaired) electrons. The molecule has 0 saturated carbocycles. The average molecular weight is 261 g/mol. The Hall–Kier alpha value is -1.50. The summed E-state index contributed by atoms with van der Waals surface area (Å²) in [5.74, 6) is -0.957. The van der Waals surface area contributed by atoms with E-state index in [-0.39, 0.29) is 26.1 Å². The highest BCUT2D eigenvalue weighted by Gasteiger charge is 2.61. The molecule has 1 saturated heterocycles. The molecule has 1 aliphatic heterocycles. The van der Waals surface area contributed by atoms with Gasteiger partial charge in [0.2, 0.25) is 5.91 Å². The van der Waals surface area contributed by atoms with Crippen molar-refractivity contribution in [3.05, 3.63) is 24.0 Å². The average Bonchev–Trinajstić information content (AvgIpc) is 2.96. The number of alkyl halides is 3. The minimum absolute atomic E-state index is 0.0974. The van der Waals surface area contributed by atoms with Crippen LogP contribution in [0, 0.1) is 5.41 Å². The third-order valence-electron chi connectivity index (χ3n) is 3.25. The zero-order valence-corrected chi connectivity index (χ0v) is 9.60. The summed E-state index contributed by atoms with van der Waals surface area (Å²) >= 11 is 0. The van der Waals surface area contributed by atoms with E-state index < -0.39 is 17.5 Å². The Morgan fingerprint density at radius 3 is 2.78 bits per heavy atom. The third-order valence-corrected chi connectivity index (χ3v) is 3.25. The molecule has 1 fully saturated rings. The Kier molecular flexibility index (Phi) is 3.34. The van der Waals surface area contributed by atoms with E-state index in [1.165, 1.54) is 0 Å². The van der Waals surface area contributed by atoms with E-state index >= 15 is 0 Å². The van der Waals surface area contributed by atoms with Gasteiger partial charge >= 0.3 is 6.18 Å². The number of nitrogens with one attached hydrogen (secondary N) is 3. The predicted molar refractivity (Wildman–Crippen MR) is 58.6 cm³/mol. The highest BCUT2D eigenvalue weighted by Crippen LogP contribution is 2.43. The van der Waals surface area contributed by atoms with Crippen LogP contribution in [-0.2, 0) is 11.3 Å². The lowest BCUT2D eigenvalue weighted by Crippen LogP contribution is -2.51. The lowest BCUT2D eigenvalue weighted by molar-refractivity contribution is -0.216. The van der Waals surface area contributed by atoms with Crippen LogP contribution in [0.15, 0.2) is 18.5 Å². The number of aromatic nitrogens is 1. The molecule has 0 bridgehead atoms. The zero-order valence-electron chi connectivity index (χ0n) is 9.60. The van der Waals surface area contributed by atoms with Gasteiger partial charge in [0.25, 0.3) is 0 Å². The number of rotatable bonds is 3. The van der Waals surface area contributed by atoms with E-state index in [2.05, 4.69) is 15.6 Å². The molecule has 1 aromatic heterocycles. The highest BCUT2D eigenvalue weighted by molar-refractivity contribution is 5.84. The van der Waals surface area contributed by atoms with E-state index in [0.29, 0.717) is 0 Å². The van der Waals surface area contributed by atoms with Gasteiger partial charge in [-0.05, 0) is 24.6 Å². The second-order valence-corrected chi connectivity index (χ2v) is 4.41. The van der Waals surface area contributed by atoms with Crippen molar-refractivity contribution in [2.45, 2.75) is 19.1 Å². The van der Waals surface area contributed by atoms with Crippen LogP contribution in [-0.4, -0.2) is 30.2 Å². The van der Waals surface area contributed by atoms with Crippen molar-refractivity contribution in [3.63, 3.8) is 0 Å². The summed E-state index contributed by atoms with van der Waals surface area (Å²) < 4.78 is 39.1. The van der Waals surface area contributed by atoms with Gasteiger partial charge in [-0.1, -0.05) is 0 Å². The molecule has 18 heavy (non-hydrogen) atoms. The number of carbonyl (C=O) groups is 1. The van der Waals surface area contributed by atoms with Crippen molar-refractivity contribution in [2.75, 3.05) is 13.1 Å². The summed E-state index contributed by atoms with van der Waals surface area (Å²) in [7, 11) is 0. The Bertz CT molecular complexity index is 408. The van der Waals surface area contributed by atoms with Crippen LogP contribution in [0.2, 0.25) is 0 Å². The van der Waals surface area contributed by atoms with E-state index in [1.807, 2.05) is 0 Å². The Balaban J connectivity index is 2.05. The molecule has 0 aromatic carbocycles. The molecule has 2 rings (SSSR count). The van der Waals surface area contributed by atoms with E-state index in [1.54, 1.807) is 18.5 Å². The van der Waals surface area contributed by atoms with Crippen LogP contribution >= 0.6 is 0 Å². The highest BCUT2D eigenvalue weighted by atomic mass is 19.4. The van der Waals surface area contributed by atoms with Crippen molar-refractivity contribution in [2.24, 2.45) is 5.41 Å². The van der Waals surface area contributed by atoms with Gasteiger partial charge in [0.05, 0.1) is 0 Å². The summed E-state index contributed by atoms with van der Waals surface area (Å²) in [4.78, 5) is 14.6. The van der Waals surface area contributed by atoms with Gasteiger partial charge in [0.15, 0.2) is 5.41 Å². The van der Waals surface area contributed by atoms with Crippen LogP contribution in [0.3, 0.4) is 0 Å². The van der Waals surface area contributed by atoms with Crippen molar-refractivity contribution >= 4 is 5.91 Å². The number of carbonyl (C=O) groups excluding carboxylic acids is 1. The zero-order chi connectivity index (χ0) is 13.2. The van der Waals surface area contributed by atoms with Crippen LogP contribution in [0.1, 0.15) is 12.0 Å². The molecular formula is C11H14F3N3O. The maximum atomic E-state index is 13.0. The first-order valence-corrected chi connectivity index (χ1v) is 5.63. The lowest BCUT2D eigenvalue weighted by atomic mass is 9.85.